The number of thiazole rings is 1. The van der Waals surface area contributed by atoms with Crippen molar-refractivity contribution in [2.45, 2.75) is 44.0 Å². The molecule has 278 valence electrons. The predicted molar refractivity (Wildman–Crippen MR) is 218 cm³/mol. The summed E-state index contributed by atoms with van der Waals surface area (Å²) in [5.41, 5.74) is 7.32. The molecule has 1 saturated heterocycles. The first kappa shape index (κ1) is 36.8. The first-order valence-corrected chi connectivity index (χ1v) is 20.2. The maximum Gasteiger partial charge on any atom is 0.263 e. The largest absolute Gasteiger partial charge is 0.394 e. The molecule has 3 heterocycles. The lowest BCUT2D eigenvalue weighted by Gasteiger charge is -2.31. The average molecular weight is 769 g/mol. The van der Waals surface area contributed by atoms with Crippen molar-refractivity contribution in [3.05, 3.63) is 159 Å². The number of ketones is 1. The number of nitrogens with zero attached hydrogens (tertiary/aromatic N) is 3. The van der Waals surface area contributed by atoms with Crippen molar-refractivity contribution in [2.75, 3.05) is 31.3 Å². The molecule has 55 heavy (non-hydrogen) atoms. The minimum atomic E-state index is -0.682. The zero-order valence-corrected chi connectivity index (χ0v) is 32.4. The van der Waals surface area contributed by atoms with E-state index in [9.17, 15) is 14.4 Å². The Kier molecular flexibility index (Phi) is 10.4. The van der Waals surface area contributed by atoms with Crippen LogP contribution in [0.25, 0.3) is 16.3 Å². The number of hydrogen-bond donors (Lipinski definition) is 1. The molecule has 8 rings (SSSR count). The van der Waals surface area contributed by atoms with Crippen LogP contribution in [0.5, 0.6) is 0 Å². The number of aliphatic hydroxyl groups is 1. The molecule has 1 aromatic heterocycles. The second kappa shape index (κ2) is 15.5. The highest BCUT2D eigenvalue weighted by Gasteiger charge is 2.46. The van der Waals surface area contributed by atoms with E-state index in [0.29, 0.717) is 24.2 Å². The second-order valence-corrected chi connectivity index (χ2v) is 16.7. The first-order valence-electron chi connectivity index (χ1n) is 18.5. The van der Waals surface area contributed by atoms with Gasteiger partial charge in [0.2, 0.25) is 17.3 Å². The van der Waals surface area contributed by atoms with Crippen LogP contribution in [0, 0.1) is 0 Å². The third-order valence-electron chi connectivity index (χ3n) is 10.5. The number of rotatable bonds is 13. The van der Waals surface area contributed by atoms with Gasteiger partial charge in [-0.05, 0) is 29.3 Å². The van der Waals surface area contributed by atoms with Crippen LogP contribution in [0.15, 0.2) is 137 Å². The Morgan fingerprint density at radius 2 is 1.55 bits per heavy atom. The van der Waals surface area contributed by atoms with E-state index >= 15 is 0 Å². The van der Waals surface area contributed by atoms with Gasteiger partial charge in [-0.1, -0.05) is 116 Å². The summed E-state index contributed by atoms with van der Waals surface area (Å²) >= 11 is 2.94. The number of benzene rings is 4. The molecule has 0 spiro atoms. The highest BCUT2D eigenvalue weighted by molar-refractivity contribution is 8.04. The number of ether oxygens (including phenoxy) is 1. The molecule has 2 amide bonds. The zero-order valence-electron chi connectivity index (χ0n) is 30.8. The summed E-state index contributed by atoms with van der Waals surface area (Å²) in [5, 5.41) is 9.34. The van der Waals surface area contributed by atoms with Crippen LogP contribution in [0.2, 0.25) is 0 Å². The van der Waals surface area contributed by atoms with Gasteiger partial charge in [0.25, 0.3) is 5.01 Å². The van der Waals surface area contributed by atoms with Gasteiger partial charge in [-0.2, -0.15) is 4.57 Å². The van der Waals surface area contributed by atoms with Crippen molar-refractivity contribution in [1.29, 1.82) is 0 Å². The van der Waals surface area contributed by atoms with Crippen LogP contribution in [-0.4, -0.2) is 59.2 Å². The molecular weight excluding hydrogens is 727 g/mol. The molecular formula is C45H42N3O5S2+. The molecule has 1 fully saturated rings. The number of anilines is 1. The normalized spacial score (nSPS) is 19.3. The lowest BCUT2D eigenvalue weighted by Crippen LogP contribution is -2.36. The minimum absolute atomic E-state index is 0.0340. The fourth-order valence-corrected chi connectivity index (χ4v) is 10.1. The van der Waals surface area contributed by atoms with Crippen molar-refractivity contribution >= 4 is 62.7 Å². The lowest BCUT2D eigenvalue weighted by molar-refractivity contribution is -0.659. The van der Waals surface area contributed by atoms with Crippen molar-refractivity contribution in [3.63, 3.8) is 0 Å². The number of aliphatic hydroxyl groups excluding tert-OH is 1. The number of hydrogen-bond acceptors (Lipinski definition) is 8. The van der Waals surface area contributed by atoms with E-state index in [1.807, 2.05) is 66.7 Å². The van der Waals surface area contributed by atoms with E-state index in [2.05, 4.69) is 77.9 Å². The molecule has 10 heteroatoms. The number of Topliss-reactive ketones (excluding diaryl/α,β-unsaturated/α-hetero) is 1. The number of para-hydroxylation sites is 2. The van der Waals surface area contributed by atoms with Gasteiger partial charge >= 0.3 is 0 Å². The molecule has 3 aliphatic rings. The monoisotopic (exact) mass is 768 g/mol. The summed E-state index contributed by atoms with van der Waals surface area (Å²) < 4.78 is 8.72. The number of fused-ring (bicyclic) bond motifs is 2. The van der Waals surface area contributed by atoms with Gasteiger partial charge in [0.1, 0.15) is 4.70 Å². The Morgan fingerprint density at radius 3 is 2.31 bits per heavy atom. The quantitative estimate of drug-likeness (QED) is 0.0587. The zero-order chi connectivity index (χ0) is 38.1. The van der Waals surface area contributed by atoms with Gasteiger partial charge in [0.15, 0.2) is 12.3 Å². The van der Waals surface area contributed by atoms with Gasteiger partial charge in [-0.15, -0.1) is 11.8 Å². The summed E-state index contributed by atoms with van der Waals surface area (Å²) in [6.07, 6.45) is 4.03. The van der Waals surface area contributed by atoms with Gasteiger partial charge < -0.3 is 14.7 Å². The van der Waals surface area contributed by atoms with Crippen LogP contribution in [-0.2, 0) is 37.6 Å². The van der Waals surface area contributed by atoms with Crippen molar-refractivity contribution in [3.8, 4) is 0 Å². The maximum absolute atomic E-state index is 14.6. The third kappa shape index (κ3) is 7.11. The van der Waals surface area contributed by atoms with E-state index in [0.717, 1.165) is 42.6 Å². The molecule has 0 saturated carbocycles. The molecule has 0 radical (unpaired) electrons. The number of carbonyl (C=O) groups is 3. The van der Waals surface area contributed by atoms with E-state index < -0.39 is 10.7 Å². The molecule has 4 aromatic carbocycles. The third-order valence-corrected chi connectivity index (χ3v) is 12.9. The molecule has 5 aromatic rings. The van der Waals surface area contributed by atoms with Crippen LogP contribution >= 0.6 is 23.1 Å². The molecule has 1 aliphatic carbocycles. The number of allylic oxidation sites excluding steroid dienone is 4. The summed E-state index contributed by atoms with van der Waals surface area (Å²) in [5.74, 6) is -0.643. The van der Waals surface area contributed by atoms with E-state index in [-0.39, 0.29) is 50.4 Å². The smallest absolute Gasteiger partial charge is 0.263 e. The molecule has 1 unspecified atom stereocenters. The predicted octanol–water partition coefficient (Wildman–Crippen LogP) is 7.21. The van der Waals surface area contributed by atoms with Gasteiger partial charge in [0, 0.05) is 63.5 Å². The lowest BCUT2D eigenvalue weighted by atomic mass is 9.81. The van der Waals surface area contributed by atoms with Gasteiger partial charge in [-0.25, -0.2) is 0 Å². The van der Waals surface area contributed by atoms with Gasteiger partial charge in [0.05, 0.1) is 31.6 Å². The Bertz CT molecular complexity index is 2380. The Hall–Kier alpha value is -5.13. The first-order chi connectivity index (χ1) is 26.7. The summed E-state index contributed by atoms with van der Waals surface area (Å²) in [6.45, 7) is 5.92. The van der Waals surface area contributed by atoms with Crippen LogP contribution in [0.1, 0.15) is 42.0 Å². The fourth-order valence-electron chi connectivity index (χ4n) is 7.65. The number of likely N-dealkylation sites (tertiary alicyclic amines) is 1. The summed E-state index contributed by atoms with van der Waals surface area (Å²) in [4.78, 5) is 45.8. The van der Waals surface area contributed by atoms with Crippen molar-refractivity contribution in [1.82, 2.24) is 4.90 Å². The standard InChI is InChI=1S/C45H42N3O5S2/c1-45(2)34-17-9-10-18-35(34)47(28-30-13-5-3-6-14-30)39(45)25-32-42(51)33(43(32)55-38-27-40(50)46(44(38)52)21-23-53-24-22-49)26-41-48(29-31-15-7-4-8-16-31)36-19-11-12-20-37(36)54-41/h3-20,25-26,38,49H,21-24,27-29H2,1-2H3/q+1. The molecule has 0 bridgehead atoms. The molecule has 2 aliphatic heterocycles. The Balaban J connectivity index is 1.23. The van der Waals surface area contributed by atoms with E-state index in [1.165, 1.54) is 22.2 Å². The molecule has 8 nitrogen and oxygen atoms in total. The van der Waals surface area contributed by atoms with Crippen LogP contribution in [0.4, 0.5) is 5.69 Å². The highest BCUT2D eigenvalue weighted by atomic mass is 32.2. The number of amides is 2. The van der Waals surface area contributed by atoms with E-state index in [1.54, 1.807) is 11.3 Å². The average Bonchev–Trinajstić information content (AvgIpc) is 3.76. The Labute approximate surface area is 329 Å². The highest BCUT2D eigenvalue weighted by Crippen LogP contribution is 2.51. The number of imide groups is 1. The SMILES string of the molecule is CC1(C)C(=CC2=C(SC3CC(=O)N(CCOCCO)C3=O)C(=Cc3sc4ccccc4[n+]3Cc3ccccc3)C2=O)N(Cc2ccccc2)c2ccccc21. The number of thioether (sulfide) groups is 1. The molecule has 1 N–H and O–H groups in total. The van der Waals surface area contributed by atoms with Crippen molar-refractivity contribution < 1.29 is 28.8 Å². The van der Waals surface area contributed by atoms with Crippen LogP contribution < -0.4 is 9.47 Å². The summed E-state index contributed by atoms with van der Waals surface area (Å²) in [7, 11) is 0. The van der Waals surface area contributed by atoms with Gasteiger partial charge in [-0.3, -0.25) is 19.3 Å². The summed E-state index contributed by atoms with van der Waals surface area (Å²) in [6, 6.07) is 37.2. The minimum Gasteiger partial charge on any atom is -0.394 e. The Morgan fingerprint density at radius 1 is 0.855 bits per heavy atom. The van der Waals surface area contributed by atoms with Crippen LogP contribution in [0.3, 0.4) is 0 Å². The number of carbonyl (C=O) groups excluding carboxylic acids is 3. The fraction of sp³-hybridized carbons (Fsp3) is 0.244. The topological polar surface area (TPSA) is 91.0 Å². The van der Waals surface area contributed by atoms with Crippen molar-refractivity contribution in [2.24, 2.45) is 0 Å². The maximum atomic E-state index is 14.6. The molecule has 1 atom stereocenters. The van der Waals surface area contributed by atoms with E-state index in [4.69, 9.17) is 9.84 Å². The second-order valence-electron chi connectivity index (χ2n) is 14.4. The number of aromatic nitrogens is 1.